The highest BCUT2D eigenvalue weighted by Gasteiger charge is 2.29. The zero-order chi connectivity index (χ0) is 18.0. The number of carbonyl (C=O) groups excluding carboxylic acids is 1. The quantitative estimate of drug-likeness (QED) is 0.913. The van der Waals surface area contributed by atoms with E-state index in [1.54, 1.807) is 18.2 Å². The van der Waals surface area contributed by atoms with Crippen molar-refractivity contribution in [3.8, 4) is 5.75 Å². The fraction of sp³-hybridized carbons (Fsp3) is 0.500. The van der Waals surface area contributed by atoms with Crippen molar-refractivity contribution in [1.82, 2.24) is 24.6 Å². The summed E-state index contributed by atoms with van der Waals surface area (Å²) in [5.41, 5.74) is 0.520. The van der Waals surface area contributed by atoms with Gasteiger partial charge in [0, 0.05) is 31.6 Å². The molecule has 7 nitrogen and oxygen atoms in total. The van der Waals surface area contributed by atoms with Gasteiger partial charge in [-0.05, 0) is 45.1 Å². The van der Waals surface area contributed by atoms with E-state index in [1.165, 1.54) is 6.07 Å². The molecule has 0 aliphatic carbocycles. The molecule has 1 aliphatic heterocycles. The van der Waals surface area contributed by atoms with Crippen LogP contribution in [0.1, 0.15) is 40.8 Å². The van der Waals surface area contributed by atoms with Gasteiger partial charge in [-0.2, -0.15) is 0 Å². The van der Waals surface area contributed by atoms with Crippen molar-refractivity contribution in [3.05, 3.63) is 41.5 Å². The number of hydrogen-bond acceptors (Lipinski definition) is 5. The van der Waals surface area contributed by atoms with Crippen molar-refractivity contribution in [2.75, 3.05) is 27.2 Å². The van der Waals surface area contributed by atoms with E-state index < -0.39 is 0 Å². The van der Waals surface area contributed by atoms with Gasteiger partial charge in [0.1, 0.15) is 17.4 Å². The van der Waals surface area contributed by atoms with Crippen LogP contribution in [0.25, 0.3) is 0 Å². The maximum Gasteiger partial charge on any atom is 0.254 e. The van der Waals surface area contributed by atoms with Crippen molar-refractivity contribution in [3.63, 3.8) is 0 Å². The third-order valence-electron chi connectivity index (χ3n) is 4.62. The highest BCUT2D eigenvalue weighted by Crippen LogP contribution is 2.27. The minimum Gasteiger partial charge on any atom is -0.508 e. The molecule has 2 heterocycles. The number of aromatic nitrogens is 3. The Morgan fingerprint density at radius 2 is 2.16 bits per heavy atom. The second-order valence-electron chi connectivity index (χ2n) is 6.91. The lowest BCUT2D eigenvalue weighted by Gasteiger charge is -2.32. The Kier molecular flexibility index (Phi) is 5.03. The van der Waals surface area contributed by atoms with Gasteiger partial charge in [0.2, 0.25) is 0 Å². The number of piperidine rings is 1. The number of carbonyl (C=O) groups is 1. The van der Waals surface area contributed by atoms with Gasteiger partial charge in [-0.25, -0.2) is 0 Å². The molecular weight excluding hydrogens is 318 g/mol. The average Bonchev–Trinajstić information content (AvgIpc) is 2.94. The van der Waals surface area contributed by atoms with Gasteiger partial charge >= 0.3 is 0 Å². The highest BCUT2D eigenvalue weighted by atomic mass is 16.3. The zero-order valence-corrected chi connectivity index (χ0v) is 15.0. The molecule has 0 bridgehead atoms. The predicted molar refractivity (Wildman–Crippen MR) is 94.4 cm³/mol. The monoisotopic (exact) mass is 343 g/mol. The largest absolute Gasteiger partial charge is 0.508 e. The van der Waals surface area contributed by atoms with Crippen LogP contribution in [0.5, 0.6) is 5.75 Å². The third kappa shape index (κ3) is 3.82. The zero-order valence-electron chi connectivity index (χ0n) is 15.0. The fourth-order valence-electron chi connectivity index (χ4n) is 3.35. The number of hydrogen-bond donors (Lipinski definition) is 1. The molecular formula is C18H25N5O2. The molecule has 1 aliphatic rings. The van der Waals surface area contributed by atoms with Gasteiger partial charge in [-0.1, -0.05) is 6.07 Å². The summed E-state index contributed by atoms with van der Waals surface area (Å²) < 4.78 is 2.05. The van der Waals surface area contributed by atoms with Crippen LogP contribution in [0.15, 0.2) is 24.3 Å². The lowest BCUT2D eigenvalue weighted by Crippen LogP contribution is -2.39. The number of phenolic OH excluding ortho intramolecular Hbond substituents is 1. The minimum absolute atomic E-state index is 0.0451. The van der Waals surface area contributed by atoms with E-state index in [4.69, 9.17) is 0 Å². The first-order valence-corrected chi connectivity index (χ1v) is 8.57. The van der Waals surface area contributed by atoms with Gasteiger partial charge in [-0.15, -0.1) is 10.2 Å². The number of nitrogens with zero attached hydrogens (tertiary/aromatic N) is 5. The van der Waals surface area contributed by atoms with E-state index in [1.807, 2.05) is 30.6 Å². The van der Waals surface area contributed by atoms with Crippen molar-refractivity contribution >= 4 is 5.91 Å². The Labute approximate surface area is 147 Å². The Morgan fingerprint density at radius 1 is 1.36 bits per heavy atom. The normalized spacial score (nSPS) is 17.9. The van der Waals surface area contributed by atoms with E-state index in [-0.39, 0.29) is 17.6 Å². The van der Waals surface area contributed by atoms with E-state index in [2.05, 4.69) is 15.1 Å². The van der Waals surface area contributed by atoms with E-state index >= 15 is 0 Å². The molecule has 25 heavy (non-hydrogen) atoms. The molecule has 1 N–H and O–H groups in total. The van der Waals surface area contributed by atoms with E-state index in [0.29, 0.717) is 12.1 Å². The number of benzene rings is 1. The Morgan fingerprint density at radius 3 is 2.88 bits per heavy atom. The second kappa shape index (κ2) is 7.23. The number of aromatic hydroxyl groups is 1. The molecule has 1 fully saturated rings. The van der Waals surface area contributed by atoms with Crippen LogP contribution in [-0.4, -0.2) is 62.8 Å². The highest BCUT2D eigenvalue weighted by molar-refractivity contribution is 5.94. The number of phenols is 1. The predicted octanol–water partition coefficient (Wildman–Crippen LogP) is 1.60. The standard InChI is InChI=1S/C18H25N5O2/c1-21(2)12-16-19-20-17(22(16)3)14-7-5-9-23(11-14)18(25)13-6-4-8-15(24)10-13/h4,6,8,10,14,24H,5,7,9,11-12H2,1-3H3/t14-/m0/s1. The second-order valence-corrected chi connectivity index (χ2v) is 6.91. The van der Waals surface area contributed by atoms with Gasteiger partial charge in [0.05, 0.1) is 6.54 Å². The molecule has 1 aromatic heterocycles. The molecule has 2 aromatic rings. The van der Waals surface area contributed by atoms with Crippen LogP contribution in [0.4, 0.5) is 0 Å². The molecule has 1 saturated heterocycles. The van der Waals surface area contributed by atoms with Gasteiger partial charge < -0.3 is 19.5 Å². The lowest BCUT2D eigenvalue weighted by atomic mass is 9.96. The third-order valence-corrected chi connectivity index (χ3v) is 4.62. The molecule has 0 saturated carbocycles. The molecule has 1 amide bonds. The van der Waals surface area contributed by atoms with Crippen molar-refractivity contribution in [2.24, 2.45) is 7.05 Å². The number of likely N-dealkylation sites (tertiary alicyclic amines) is 1. The van der Waals surface area contributed by atoms with Crippen LogP contribution in [0, 0.1) is 0 Å². The molecule has 3 rings (SSSR count). The van der Waals surface area contributed by atoms with Crippen LogP contribution < -0.4 is 0 Å². The van der Waals surface area contributed by atoms with Crippen LogP contribution in [0.2, 0.25) is 0 Å². The summed E-state index contributed by atoms with van der Waals surface area (Å²) >= 11 is 0. The van der Waals surface area contributed by atoms with Crippen LogP contribution in [0.3, 0.4) is 0 Å². The van der Waals surface area contributed by atoms with Crippen molar-refractivity contribution in [2.45, 2.75) is 25.3 Å². The Bertz CT molecular complexity index is 756. The minimum atomic E-state index is -0.0451. The van der Waals surface area contributed by atoms with E-state index in [9.17, 15) is 9.90 Å². The maximum atomic E-state index is 12.7. The summed E-state index contributed by atoms with van der Waals surface area (Å²) in [6.07, 6.45) is 1.93. The molecule has 1 atom stereocenters. The number of amides is 1. The van der Waals surface area contributed by atoms with Crippen LogP contribution >= 0.6 is 0 Å². The summed E-state index contributed by atoms with van der Waals surface area (Å²) in [5, 5.41) is 18.3. The van der Waals surface area contributed by atoms with Crippen molar-refractivity contribution in [1.29, 1.82) is 0 Å². The molecule has 1 aromatic carbocycles. The number of rotatable bonds is 4. The smallest absolute Gasteiger partial charge is 0.254 e. The van der Waals surface area contributed by atoms with E-state index in [0.717, 1.165) is 37.6 Å². The first kappa shape index (κ1) is 17.4. The maximum absolute atomic E-state index is 12.7. The lowest BCUT2D eigenvalue weighted by molar-refractivity contribution is 0.0703. The topological polar surface area (TPSA) is 74.5 Å². The van der Waals surface area contributed by atoms with Crippen molar-refractivity contribution < 1.29 is 9.90 Å². The SMILES string of the molecule is CN(C)Cc1nnc([C@H]2CCCN(C(=O)c3cccc(O)c3)C2)n1C. The summed E-state index contributed by atoms with van der Waals surface area (Å²) in [7, 11) is 6.00. The molecule has 0 unspecified atom stereocenters. The first-order chi connectivity index (χ1) is 12.0. The summed E-state index contributed by atoms with van der Waals surface area (Å²) in [5.74, 6) is 2.11. The average molecular weight is 343 g/mol. The van der Waals surface area contributed by atoms with Gasteiger partial charge in [0.15, 0.2) is 0 Å². The summed E-state index contributed by atoms with van der Waals surface area (Å²) in [6, 6.07) is 6.52. The molecule has 134 valence electrons. The molecule has 7 heteroatoms. The fourth-order valence-corrected chi connectivity index (χ4v) is 3.35. The first-order valence-electron chi connectivity index (χ1n) is 8.57. The van der Waals surface area contributed by atoms with Crippen LogP contribution in [-0.2, 0) is 13.6 Å². The summed E-state index contributed by atoms with van der Waals surface area (Å²) in [4.78, 5) is 16.6. The molecule has 0 radical (unpaired) electrons. The summed E-state index contributed by atoms with van der Waals surface area (Å²) in [6.45, 7) is 2.10. The molecule has 0 spiro atoms. The van der Waals surface area contributed by atoms with Gasteiger partial charge in [0.25, 0.3) is 5.91 Å². The Hall–Kier alpha value is -2.41. The Balaban J connectivity index is 1.75. The van der Waals surface area contributed by atoms with Gasteiger partial charge in [-0.3, -0.25) is 4.79 Å².